The van der Waals surface area contributed by atoms with E-state index in [1.165, 1.54) is 25.7 Å². The molecule has 4 N–H and O–H groups in total. The van der Waals surface area contributed by atoms with Crippen molar-refractivity contribution < 1.29 is 24.9 Å². The normalized spacial score (nSPS) is 11.8. The molecule has 0 saturated heterocycles. The van der Waals surface area contributed by atoms with Crippen LogP contribution in [0.4, 0.5) is 0 Å². The third kappa shape index (κ3) is 14.1. The SMILES string of the molecule is CCCCCCCOC(C)(C)C(C)(C)O.OB(O)O. The van der Waals surface area contributed by atoms with Crippen molar-refractivity contribution >= 4 is 7.32 Å². The summed E-state index contributed by atoms with van der Waals surface area (Å²) in [5.41, 5.74) is -1.24. The Labute approximate surface area is 117 Å². The average molecular weight is 278 g/mol. The first-order chi connectivity index (χ1) is 8.54. The summed E-state index contributed by atoms with van der Waals surface area (Å²) in [5, 5.41) is 31.4. The maximum absolute atomic E-state index is 9.86. The summed E-state index contributed by atoms with van der Waals surface area (Å²) in [6, 6.07) is 0. The van der Waals surface area contributed by atoms with Crippen molar-refractivity contribution in [2.45, 2.75) is 77.9 Å². The summed E-state index contributed by atoms with van der Waals surface area (Å²) in [6.45, 7) is 10.4. The van der Waals surface area contributed by atoms with Gasteiger partial charge in [-0.05, 0) is 34.1 Å². The zero-order valence-electron chi connectivity index (χ0n) is 13.0. The van der Waals surface area contributed by atoms with Gasteiger partial charge in [-0.3, -0.25) is 0 Å². The van der Waals surface area contributed by atoms with Gasteiger partial charge in [0.05, 0.1) is 11.2 Å². The van der Waals surface area contributed by atoms with E-state index in [1.807, 2.05) is 13.8 Å². The summed E-state index contributed by atoms with van der Waals surface area (Å²) in [5.74, 6) is 0. The number of unbranched alkanes of at least 4 members (excludes halogenated alkanes) is 4. The van der Waals surface area contributed by atoms with Gasteiger partial charge in [-0.25, -0.2) is 0 Å². The van der Waals surface area contributed by atoms with Crippen molar-refractivity contribution in [2.75, 3.05) is 6.61 Å². The van der Waals surface area contributed by atoms with Crippen molar-refractivity contribution in [3.05, 3.63) is 0 Å². The minimum absolute atomic E-state index is 0.461. The smallest absolute Gasteiger partial charge is 0.402 e. The fourth-order valence-corrected chi connectivity index (χ4v) is 1.21. The van der Waals surface area contributed by atoms with E-state index >= 15 is 0 Å². The van der Waals surface area contributed by atoms with Crippen molar-refractivity contribution in [2.24, 2.45) is 0 Å². The summed E-state index contributed by atoms with van der Waals surface area (Å²) in [4.78, 5) is 0. The van der Waals surface area contributed by atoms with Gasteiger partial charge >= 0.3 is 7.32 Å². The molecular weight excluding hydrogens is 247 g/mol. The quantitative estimate of drug-likeness (QED) is 0.399. The van der Waals surface area contributed by atoms with Gasteiger partial charge in [-0.1, -0.05) is 32.6 Å². The molecule has 0 aromatic heterocycles. The topological polar surface area (TPSA) is 90.2 Å². The molecule has 0 rings (SSSR count). The monoisotopic (exact) mass is 278 g/mol. The van der Waals surface area contributed by atoms with E-state index in [0.29, 0.717) is 0 Å². The lowest BCUT2D eigenvalue weighted by Gasteiger charge is -2.37. The molecule has 0 radical (unpaired) electrons. The van der Waals surface area contributed by atoms with Crippen LogP contribution in [0, 0.1) is 0 Å². The molecule has 0 saturated carbocycles. The molecule has 0 aliphatic carbocycles. The Hall–Kier alpha value is -0.135. The third-order valence-electron chi connectivity index (χ3n) is 3.18. The van der Waals surface area contributed by atoms with Crippen molar-refractivity contribution in [1.29, 1.82) is 0 Å². The first-order valence-corrected chi connectivity index (χ1v) is 6.95. The Morgan fingerprint density at radius 2 is 1.32 bits per heavy atom. The molecule has 0 bridgehead atoms. The molecule has 19 heavy (non-hydrogen) atoms. The fourth-order valence-electron chi connectivity index (χ4n) is 1.21. The molecule has 0 spiro atoms. The highest BCUT2D eigenvalue weighted by Gasteiger charge is 2.35. The van der Waals surface area contributed by atoms with Gasteiger partial charge < -0.3 is 24.9 Å². The number of hydrogen-bond donors (Lipinski definition) is 4. The third-order valence-corrected chi connectivity index (χ3v) is 3.18. The number of rotatable bonds is 8. The summed E-state index contributed by atoms with van der Waals surface area (Å²) >= 11 is 0. The van der Waals surface area contributed by atoms with Crippen LogP contribution in [-0.4, -0.2) is 45.3 Å². The molecule has 5 nitrogen and oxygen atoms in total. The molecule has 0 heterocycles. The summed E-state index contributed by atoms with van der Waals surface area (Å²) in [6.07, 6.45) is 6.21. The Morgan fingerprint density at radius 1 is 0.895 bits per heavy atom. The second-order valence-electron chi connectivity index (χ2n) is 5.68. The van der Waals surface area contributed by atoms with Gasteiger partial charge in [-0.15, -0.1) is 0 Å². The van der Waals surface area contributed by atoms with Crippen LogP contribution in [0.25, 0.3) is 0 Å². The highest BCUT2D eigenvalue weighted by molar-refractivity contribution is 6.30. The molecule has 0 aliphatic heterocycles. The number of aliphatic hydroxyl groups is 1. The van der Waals surface area contributed by atoms with Gasteiger partial charge in [0, 0.05) is 6.61 Å². The molecular formula is C13H31BO5. The molecule has 6 heteroatoms. The lowest BCUT2D eigenvalue weighted by molar-refractivity contribution is -0.147. The van der Waals surface area contributed by atoms with E-state index in [2.05, 4.69) is 6.92 Å². The molecule has 0 aromatic carbocycles. The summed E-state index contributed by atoms with van der Waals surface area (Å²) < 4.78 is 5.72. The van der Waals surface area contributed by atoms with Gasteiger partial charge in [0.15, 0.2) is 0 Å². The van der Waals surface area contributed by atoms with E-state index in [4.69, 9.17) is 19.8 Å². The van der Waals surface area contributed by atoms with Crippen molar-refractivity contribution in [3.63, 3.8) is 0 Å². The van der Waals surface area contributed by atoms with Crippen molar-refractivity contribution in [1.82, 2.24) is 0 Å². The maximum atomic E-state index is 9.86. The van der Waals surface area contributed by atoms with E-state index in [0.717, 1.165) is 13.0 Å². The van der Waals surface area contributed by atoms with E-state index < -0.39 is 18.5 Å². The highest BCUT2D eigenvalue weighted by Crippen LogP contribution is 2.25. The molecule has 116 valence electrons. The molecule has 0 amide bonds. The molecule has 0 fully saturated rings. The lowest BCUT2D eigenvalue weighted by atomic mass is 9.89. The van der Waals surface area contributed by atoms with E-state index in [1.54, 1.807) is 13.8 Å². The predicted octanol–water partition coefficient (Wildman–Crippen LogP) is 1.47. The average Bonchev–Trinajstić information content (AvgIpc) is 2.20. The second kappa shape index (κ2) is 10.6. The largest absolute Gasteiger partial charge is 0.631 e. The Bertz CT molecular complexity index is 199. The maximum Gasteiger partial charge on any atom is 0.631 e. The van der Waals surface area contributed by atoms with Crippen LogP contribution in [0.1, 0.15) is 66.7 Å². The van der Waals surface area contributed by atoms with Crippen molar-refractivity contribution in [3.8, 4) is 0 Å². The molecule has 0 aliphatic rings. The van der Waals surface area contributed by atoms with Gasteiger partial charge in [-0.2, -0.15) is 0 Å². The highest BCUT2D eigenvalue weighted by atomic mass is 16.5. The van der Waals surface area contributed by atoms with Gasteiger partial charge in [0.1, 0.15) is 0 Å². The first kappa shape index (κ1) is 21.2. The fraction of sp³-hybridized carbons (Fsp3) is 1.00. The predicted molar refractivity (Wildman–Crippen MR) is 77.5 cm³/mol. The second-order valence-corrected chi connectivity index (χ2v) is 5.68. The van der Waals surface area contributed by atoms with Crippen LogP contribution in [0.3, 0.4) is 0 Å². The van der Waals surface area contributed by atoms with Crippen LogP contribution in [0.5, 0.6) is 0 Å². The van der Waals surface area contributed by atoms with Crippen LogP contribution in [0.2, 0.25) is 0 Å². The minimum Gasteiger partial charge on any atom is -0.402 e. The van der Waals surface area contributed by atoms with E-state index in [-0.39, 0.29) is 0 Å². The molecule has 0 atom stereocenters. The number of ether oxygens (including phenoxy) is 1. The van der Waals surface area contributed by atoms with Crippen LogP contribution >= 0.6 is 0 Å². The Kier molecular flexibility index (Phi) is 11.8. The van der Waals surface area contributed by atoms with Crippen LogP contribution in [-0.2, 0) is 4.74 Å². The Morgan fingerprint density at radius 3 is 1.68 bits per heavy atom. The molecule has 0 unspecified atom stereocenters. The minimum atomic E-state index is -2.17. The first-order valence-electron chi connectivity index (χ1n) is 6.95. The summed E-state index contributed by atoms with van der Waals surface area (Å²) in [7, 11) is -2.17. The zero-order chi connectivity index (χ0) is 15.5. The number of hydrogen-bond acceptors (Lipinski definition) is 5. The standard InChI is InChI=1S/C13H28O2.BH3O3/c1-6-7-8-9-10-11-15-13(4,5)12(2,3)14;2-1(3)4/h14H,6-11H2,1-5H3;2-4H. The van der Waals surface area contributed by atoms with Crippen LogP contribution < -0.4 is 0 Å². The van der Waals surface area contributed by atoms with Gasteiger partial charge in [0.2, 0.25) is 0 Å². The Balaban J connectivity index is 0. The zero-order valence-corrected chi connectivity index (χ0v) is 13.0. The van der Waals surface area contributed by atoms with E-state index in [9.17, 15) is 5.11 Å². The lowest BCUT2D eigenvalue weighted by Crippen LogP contribution is -2.47. The molecule has 0 aromatic rings. The van der Waals surface area contributed by atoms with Gasteiger partial charge in [0.25, 0.3) is 0 Å². The van der Waals surface area contributed by atoms with Crippen LogP contribution in [0.15, 0.2) is 0 Å².